The highest BCUT2D eigenvalue weighted by molar-refractivity contribution is 5.00. The van der Waals surface area contributed by atoms with E-state index in [1.165, 1.54) is 0 Å². The van der Waals surface area contributed by atoms with Crippen LogP contribution in [0.1, 0.15) is 18.2 Å². The van der Waals surface area contributed by atoms with E-state index < -0.39 is 0 Å². The van der Waals surface area contributed by atoms with Crippen molar-refractivity contribution in [2.75, 3.05) is 6.61 Å². The first-order valence-electron chi connectivity index (χ1n) is 3.19. The molecule has 4 nitrogen and oxygen atoms in total. The second-order valence-electron chi connectivity index (χ2n) is 2.13. The summed E-state index contributed by atoms with van der Waals surface area (Å²) < 4.78 is 0. The van der Waals surface area contributed by atoms with Crippen molar-refractivity contribution in [2.24, 2.45) is 5.73 Å². The van der Waals surface area contributed by atoms with E-state index >= 15 is 0 Å². The van der Waals surface area contributed by atoms with Gasteiger partial charge in [0.15, 0.2) is 0 Å². The molecule has 0 amide bonds. The molecule has 0 aliphatic rings. The molecule has 4 N–H and O–H groups in total. The number of nitrogens with one attached hydrogen (secondary N) is 1. The number of nitrogens with two attached hydrogens (primary N) is 1. The lowest BCUT2D eigenvalue weighted by Crippen LogP contribution is -2.11. The zero-order chi connectivity index (χ0) is 7.40. The van der Waals surface area contributed by atoms with Crippen LogP contribution in [0.5, 0.6) is 0 Å². The van der Waals surface area contributed by atoms with E-state index in [-0.39, 0.29) is 12.6 Å². The number of aromatic nitrogens is 2. The summed E-state index contributed by atoms with van der Waals surface area (Å²) in [5, 5.41) is 8.52. The average Bonchev–Trinajstić information content (AvgIpc) is 2.38. The number of H-pyrrole nitrogens is 1. The Morgan fingerprint density at radius 3 is 3.10 bits per heavy atom. The molecule has 1 heterocycles. The third-order valence-corrected chi connectivity index (χ3v) is 1.36. The topological polar surface area (TPSA) is 74.9 Å². The van der Waals surface area contributed by atoms with Gasteiger partial charge in [-0.1, -0.05) is 0 Å². The van der Waals surface area contributed by atoms with Crippen LogP contribution in [0.3, 0.4) is 0 Å². The maximum absolute atomic E-state index is 8.52. The number of aliphatic hydroxyl groups excluding tert-OH is 1. The van der Waals surface area contributed by atoms with Crippen LogP contribution in [0.4, 0.5) is 0 Å². The SMILES string of the molecule is NC(CCO)c1cnc[nH]1. The van der Waals surface area contributed by atoms with Gasteiger partial charge in [-0.05, 0) is 6.42 Å². The van der Waals surface area contributed by atoms with E-state index in [9.17, 15) is 0 Å². The first-order chi connectivity index (χ1) is 4.84. The fourth-order valence-electron chi connectivity index (χ4n) is 0.764. The van der Waals surface area contributed by atoms with Crippen LogP contribution in [0, 0.1) is 0 Å². The summed E-state index contributed by atoms with van der Waals surface area (Å²) in [5.74, 6) is 0. The van der Waals surface area contributed by atoms with Crippen molar-refractivity contribution in [3.05, 3.63) is 18.2 Å². The van der Waals surface area contributed by atoms with Crippen molar-refractivity contribution in [2.45, 2.75) is 12.5 Å². The third-order valence-electron chi connectivity index (χ3n) is 1.36. The maximum atomic E-state index is 8.52. The van der Waals surface area contributed by atoms with Crippen LogP contribution < -0.4 is 5.73 Å². The summed E-state index contributed by atoms with van der Waals surface area (Å²) >= 11 is 0. The van der Waals surface area contributed by atoms with E-state index in [2.05, 4.69) is 9.97 Å². The van der Waals surface area contributed by atoms with E-state index in [1.54, 1.807) is 12.5 Å². The molecule has 0 bridgehead atoms. The number of imidazole rings is 1. The van der Waals surface area contributed by atoms with Gasteiger partial charge in [0.05, 0.1) is 12.0 Å². The van der Waals surface area contributed by atoms with Gasteiger partial charge in [-0.25, -0.2) is 4.98 Å². The number of nitrogens with zero attached hydrogens (tertiary/aromatic N) is 1. The number of hydrogen-bond acceptors (Lipinski definition) is 3. The first-order valence-corrected chi connectivity index (χ1v) is 3.19. The van der Waals surface area contributed by atoms with Crippen LogP contribution in [0.2, 0.25) is 0 Å². The Labute approximate surface area is 59.1 Å². The van der Waals surface area contributed by atoms with E-state index in [0.29, 0.717) is 6.42 Å². The standard InChI is InChI=1S/C6H11N3O/c7-5(1-2-10)6-3-8-4-9-6/h3-5,10H,1-2,7H2,(H,8,9). The highest BCUT2D eigenvalue weighted by Crippen LogP contribution is 2.07. The van der Waals surface area contributed by atoms with E-state index in [1.807, 2.05) is 0 Å². The Bertz CT molecular complexity index is 173. The smallest absolute Gasteiger partial charge is 0.0922 e. The third kappa shape index (κ3) is 1.55. The van der Waals surface area contributed by atoms with Crippen molar-refractivity contribution < 1.29 is 5.11 Å². The van der Waals surface area contributed by atoms with Gasteiger partial charge in [0.1, 0.15) is 0 Å². The van der Waals surface area contributed by atoms with E-state index in [0.717, 1.165) is 5.69 Å². The molecule has 56 valence electrons. The Morgan fingerprint density at radius 2 is 2.60 bits per heavy atom. The highest BCUT2D eigenvalue weighted by atomic mass is 16.3. The van der Waals surface area contributed by atoms with Crippen molar-refractivity contribution in [1.82, 2.24) is 9.97 Å². The minimum Gasteiger partial charge on any atom is -0.396 e. The average molecular weight is 141 g/mol. The van der Waals surface area contributed by atoms with Gasteiger partial charge in [0, 0.05) is 18.8 Å². The van der Waals surface area contributed by atoms with Crippen LogP contribution in [0.25, 0.3) is 0 Å². The van der Waals surface area contributed by atoms with Crippen LogP contribution in [-0.2, 0) is 0 Å². The molecule has 0 aromatic carbocycles. The van der Waals surface area contributed by atoms with Gasteiger partial charge in [0.2, 0.25) is 0 Å². The molecule has 4 heteroatoms. The van der Waals surface area contributed by atoms with Crippen LogP contribution >= 0.6 is 0 Å². The summed E-state index contributed by atoms with van der Waals surface area (Å²) in [6.45, 7) is 0.111. The lowest BCUT2D eigenvalue weighted by molar-refractivity contribution is 0.276. The number of aromatic amines is 1. The summed E-state index contributed by atoms with van der Waals surface area (Å²) in [7, 11) is 0. The molecule has 1 unspecified atom stereocenters. The van der Waals surface area contributed by atoms with Gasteiger partial charge in [0.25, 0.3) is 0 Å². The van der Waals surface area contributed by atoms with Gasteiger partial charge >= 0.3 is 0 Å². The summed E-state index contributed by atoms with van der Waals surface area (Å²) in [6.07, 6.45) is 3.81. The predicted molar refractivity (Wildman–Crippen MR) is 37.2 cm³/mol. The molecule has 0 fully saturated rings. The Morgan fingerprint density at radius 1 is 1.80 bits per heavy atom. The van der Waals surface area contributed by atoms with Crippen molar-refractivity contribution in [3.8, 4) is 0 Å². The lowest BCUT2D eigenvalue weighted by Gasteiger charge is -2.04. The largest absolute Gasteiger partial charge is 0.396 e. The molecule has 0 saturated carbocycles. The molecule has 0 saturated heterocycles. The maximum Gasteiger partial charge on any atom is 0.0922 e. The molecule has 0 radical (unpaired) electrons. The van der Waals surface area contributed by atoms with Gasteiger partial charge in [-0.3, -0.25) is 0 Å². The Kier molecular flexibility index (Phi) is 2.42. The number of hydrogen-bond donors (Lipinski definition) is 3. The van der Waals surface area contributed by atoms with Crippen LogP contribution in [0.15, 0.2) is 12.5 Å². The second kappa shape index (κ2) is 3.34. The molecular weight excluding hydrogens is 130 g/mol. The lowest BCUT2D eigenvalue weighted by atomic mass is 10.2. The highest BCUT2D eigenvalue weighted by Gasteiger charge is 2.04. The van der Waals surface area contributed by atoms with Crippen molar-refractivity contribution >= 4 is 0 Å². The monoisotopic (exact) mass is 141 g/mol. The second-order valence-corrected chi connectivity index (χ2v) is 2.13. The Hall–Kier alpha value is -0.870. The molecule has 1 aromatic rings. The fraction of sp³-hybridized carbons (Fsp3) is 0.500. The van der Waals surface area contributed by atoms with Crippen LogP contribution in [-0.4, -0.2) is 21.7 Å². The minimum atomic E-state index is -0.118. The molecule has 10 heavy (non-hydrogen) atoms. The molecule has 1 aromatic heterocycles. The number of aliphatic hydroxyl groups is 1. The molecular formula is C6H11N3O. The molecule has 1 atom stereocenters. The van der Waals surface area contributed by atoms with Gasteiger partial charge in [-0.2, -0.15) is 0 Å². The Balaban J connectivity index is 2.50. The molecule has 0 aliphatic heterocycles. The zero-order valence-electron chi connectivity index (χ0n) is 5.62. The molecule has 0 aliphatic carbocycles. The van der Waals surface area contributed by atoms with Crippen molar-refractivity contribution in [1.29, 1.82) is 0 Å². The molecule has 1 rings (SSSR count). The van der Waals surface area contributed by atoms with Gasteiger partial charge < -0.3 is 15.8 Å². The predicted octanol–water partition coefficient (Wildman–Crippen LogP) is -0.208. The quantitative estimate of drug-likeness (QED) is 0.545. The summed E-state index contributed by atoms with van der Waals surface area (Å²) in [6, 6.07) is -0.118. The summed E-state index contributed by atoms with van der Waals surface area (Å²) in [4.78, 5) is 6.68. The normalized spacial score (nSPS) is 13.4. The first kappa shape index (κ1) is 7.24. The van der Waals surface area contributed by atoms with Crippen molar-refractivity contribution in [3.63, 3.8) is 0 Å². The van der Waals surface area contributed by atoms with E-state index in [4.69, 9.17) is 10.8 Å². The number of rotatable bonds is 3. The minimum absolute atomic E-state index is 0.111. The summed E-state index contributed by atoms with van der Waals surface area (Å²) in [5.41, 5.74) is 6.49. The zero-order valence-corrected chi connectivity index (χ0v) is 5.62. The fourth-order valence-corrected chi connectivity index (χ4v) is 0.764. The molecule has 0 spiro atoms. The van der Waals surface area contributed by atoms with Gasteiger partial charge in [-0.15, -0.1) is 0 Å².